The molecule has 1 aromatic carbocycles. The molecule has 0 aliphatic carbocycles. The average Bonchev–Trinajstić information content (AvgIpc) is 2.60. The zero-order chi connectivity index (χ0) is 18.8. The van der Waals surface area contributed by atoms with E-state index in [1.54, 1.807) is 6.07 Å². The van der Waals surface area contributed by atoms with Crippen molar-refractivity contribution in [3.8, 4) is 5.75 Å². The van der Waals surface area contributed by atoms with Gasteiger partial charge < -0.3 is 24.8 Å². The van der Waals surface area contributed by atoms with Gasteiger partial charge in [-0.05, 0) is 6.07 Å². The van der Waals surface area contributed by atoms with E-state index in [0.717, 1.165) is 0 Å². The molecule has 0 radical (unpaired) electrons. The number of halogens is 1. The number of nitrogens with one attached hydrogen (secondary N) is 1. The fraction of sp³-hybridized carbons (Fsp3) is 0.438. The number of carbonyl (C=O) groups excluding carboxylic acids is 1. The largest absolute Gasteiger partial charge is 0.489 e. The van der Waals surface area contributed by atoms with E-state index in [2.05, 4.69) is 4.98 Å². The van der Waals surface area contributed by atoms with Crippen LogP contribution in [0.2, 0.25) is 5.02 Å². The maximum atomic E-state index is 12.5. The Bertz CT molecular complexity index is 947. The lowest BCUT2D eigenvalue weighted by atomic mass is 10.1. The summed E-state index contributed by atoms with van der Waals surface area (Å²) < 4.78 is 6.91. The molecular formula is C16H18ClN3O6. The standard InChI is InChI=1S/C16H18ClN3O6/c17-9-5-11-14-12(6-9)26-8-10(20(14)16(25)15(24)18-11)7-13(23)19(1-3-21)2-4-22/h5-6,10,21-22H,1-4,7-8H2,(H,18,24). The second-order valence-electron chi connectivity index (χ2n) is 5.93. The normalized spacial score (nSPS) is 15.7. The number of hydrogen-bond donors (Lipinski definition) is 3. The van der Waals surface area contributed by atoms with E-state index in [0.29, 0.717) is 21.8 Å². The summed E-state index contributed by atoms with van der Waals surface area (Å²) in [7, 11) is 0. The smallest absolute Gasteiger partial charge is 0.317 e. The van der Waals surface area contributed by atoms with E-state index >= 15 is 0 Å². The van der Waals surface area contributed by atoms with Gasteiger partial charge in [0.25, 0.3) is 0 Å². The number of aliphatic hydroxyl groups is 2. The molecular weight excluding hydrogens is 366 g/mol. The topological polar surface area (TPSA) is 125 Å². The highest BCUT2D eigenvalue weighted by Crippen LogP contribution is 2.33. The molecule has 3 rings (SSSR count). The number of aromatic amines is 1. The zero-order valence-corrected chi connectivity index (χ0v) is 14.5. The van der Waals surface area contributed by atoms with Crippen molar-refractivity contribution in [3.05, 3.63) is 37.9 Å². The molecule has 1 atom stereocenters. The van der Waals surface area contributed by atoms with Gasteiger partial charge in [-0.3, -0.25) is 19.0 Å². The Kier molecular flexibility index (Phi) is 5.30. The quantitative estimate of drug-likeness (QED) is 0.576. The molecule has 2 aromatic rings. The zero-order valence-electron chi connectivity index (χ0n) is 13.8. The van der Waals surface area contributed by atoms with Crippen LogP contribution in [0, 0.1) is 0 Å². The minimum absolute atomic E-state index is 0.0175. The number of hydrogen-bond acceptors (Lipinski definition) is 6. The van der Waals surface area contributed by atoms with Crippen molar-refractivity contribution in [3.63, 3.8) is 0 Å². The molecule has 0 fully saturated rings. The number of ether oxygens (including phenoxy) is 1. The molecule has 140 valence electrons. The molecule has 0 saturated heterocycles. The van der Waals surface area contributed by atoms with E-state index in [4.69, 9.17) is 26.6 Å². The van der Waals surface area contributed by atoms with Gasteiger partial charge in [-0.25, -0.2) is 0 Å². The highest BCUT2D eigenvalue weighted by Gasteiger charge is 2.29. The van der Waals surface area contributed by atoms with Crippen LogP contribution in [-0.4, -0.2) is 63.5 Å². The van der Waals surface area contributed by atoms with E-state index in [9.17, 15) is 14.4 Å². The number of rotatable bonds is 6. The molecule has 1 unspecified atom stereocenters. The Morgan fingerprint density at radius 3 is 2.65 bits per heavy atom. The van der Waals surface area contributed by atoms with Gasteiger partial charge in [-0.1, -0.05) is 11.6 Å². The molecule has 10 heteroatoms. The minimum Gasteiger partial charge on any atom is -0.489 e. The number of carbonyl (C=O) groups is 1. The highest BCUT2D eigenvalue weighted by atomic mass is 35.5. The lowest BCUT2D eigenvalue weighted by molar-refractivity contribution is -0.133. The maximum Gasteiger partial charge on any atom is 0.317 e. The van der Waals surface area contributed by atoms with Crippen LogP contribution < -0.4 is 15.9 Å². The summed E-state index contributed by atoms with van der Waals surface area (Å²) in [6, 6.07) is 2.36. The maximum absolute atomic E-state index is 12.5. The Morgan fingerprint density at radius 2 is 2.00 bits per heavy atom. The van der Waals surface area contributed by atoms with Crippen LogP contribution in [0.3, 0.4) is 0 Å². The third-order valence-corrected chi connectivity index (χ3v) is 4.46. The van der Waals surface area contributed by atoms with E-state index in [1.807, 2.05) is 0 Å². The molecule has 26 heavy (non-hydrogen) atoms. The SMILES string of the molecule is O=C(CC1COc2cc(Cl)cc3[nH]c(=O)c(=O)n1c23)N(CCO)CCO. The van der Waals surface area contributed by atoms with Crippen molar-refractivity contribution in [1.82, 2.24) is 14.5 Å². The van der Waals surface area contributed by atoms with Crippen LogP contribution in [0.25, 0.3) is 11.0 Å². The number of H-pyrrole nitrogens is 1. The van der Waals surface area contributed by atoms with Crippen molar-refractivity contribution in [2.45, 2.75) is 12.5 Å². The van der Waals surface area contributed by atoms with Crippen molar-refractivity contribution in [1.29, 1.82) is 0 Å². The summed E-state index contributed by atoms with van der Waals surface area (Å²) in [4.78, 5) is 40.7. The first-order valence-electron chi connectivity index (χ1n) is 8.06. The molecule has 1 aliphatic rings. The number of aliphatic hydroxyl groups excluding tert-OH is 2. The van der Waals surface area contributed by atoms with Gasteiger partial charge in [0.15, 0.2) is 0 Å². The third-order valence-electron chi connectivity index (χ3n) is 4.24. The number of aromatic nitrogens is 2. The van der Waals surface area contributed by atoms with Gasteiger partial charge in [-0.2, -0.15) is 0 Å². The van der Waals surface area contributed by atoms with Crippen LogP contribution in [0.5, 0.6) is 5.75 Å². The number of benzene rings is 1. The Hall–Kier alpha value is -2.36. The summed E-state index contributed by atoms with van der Waals surface area (Å²) in [5, 5.41) is 18.5. The van der Waals surface area contributed by atoms with E-state index in [1.165, 1.54) is 15.5 Å². The molecule has 9 nitrogen and oxygen atoms in total. The van der Waals surface area contributed by atoms with Gasteiger partial charge in [0.2, 0.25) is 5.91 Å². The average molecular weight is 384 g/mol. The lowest BCUT2D eigenvalue weighted by Gasteiger charge is -2.29. The first-order valence-corrected chi connectivity index (χ1v) is 8.44. The van der Waals surface area contributed by atoms with Gasteiger partial charge in [0.05, 0.1) is 31.2 Å². The molecule has 0 bridgehead atoms. The lowest BCUT2D eigenvalue weighted by Crippen LogP contribution is -2.44. The molecule has 1 aromatic heterocycles. The monoisotopic (exact) mass is 383 g/mol. The van der Waals surface area contributed by atoms with Gasteiger partial charge >= 0.3 is 11.1 Å². The predicted molar refractivity (Wildman–Crippen MR) is 93.7 cm³/mol. The molecule has 3 N–H and O–H groups in total. The van der Waals surface area contributed by atoms with Gasteiger partial charge in [0.1, 0.15) is 17.9 Å². The third kappa shape index (κ3) is 3.33. The van der Waals surface area contributed by atoms with Crippen LogP contribution in [0.4, 0.5) is 0 Å². The fourth-order valence-corrected chi connectivity index (χ4v) is 3.32. The van der Waals surface area contributed by atoms with Crippen molar-refractivity contribution < 1.29 is 19.7 Å². The summed E-state index contributed by atoms with van der Waals surface area (Å²) in [5.74, 6) is -0.00781. The molecule has 1 aliphatic heterocycles. The Labute approximate surface area is 152 Å². The molecule has 0 saturated carbocycles. The van der Waals surface area contributed by atoms with Crippen molar-refractivity contribution >= 4 is 28.5 Å². The molecule has 2 heterocycles. The van der Waals surface area contributed by atoms with Gasteiger partial charge in [-0.15, -0.1) is 0 Å². The van der Waals surface area contributed by atoms with Crippen LogP contribution in [-0.2, 0) is 4.79 Å². The van der Waals surface area contributed by atoms with Crippen LogP contribution >= 0.6 is 11.6 Å². The van der Waals surface area contributed by atoms with Crippen molar-refractivity contribution in [2.24, 2.45) is 0 Å². The number of nitrogens with zero attached hydrogens (tertiary/aromatic N) is 2. The van der Waals surface area contributed by atoms with Gasteiger partial charge in [0, 0.05) is 24.2 Å². The fourth-order valence-electron chi connectivity index (χ4n) is 3.11. The Balaban J connectivity index is 2.03. The minimum atomic E-state index is -0.812. The van der Waals surface area contributed by atoms with Crippen LogP contribution in [0.1, 0.15) is 12.5 Å². The second-order valence-corrected chi connectivity index (χ2v) is 6.36. The summed E-state index contributed by atoms with van der Waals surface area (Å²) >= 11 is 6.01. The highest BCUT2D eigenvalue weighted by molar-refractivity contribution is 6.31. The summed E-state index contributed by atoms with van der Waals surface area (Å²) in [6.07, 6.45) is -0.111. The van der Waals surface area contributed by atoms with E-state index < -0.39 is 17.2 Å². The second kappa shape index (κ2) is 7.48. The van der Waals surface area contributed by atoms with E-state index in [-0.39, 0.29) is 45.2 Å². The molecule has 0 spiro atoms. The van der Waals surface area contributed by atoms with Crippen LogP contribution in [0.15, 0.2) is 21.7 Å². The Morgan fingerprint density at radius 1 is 1.31 bits per heavy atom. The summed E-state index contributed by atoms with van der Waals surface area (Å²) in [5.41, 5.74) is -0.874. The first kappa shape index (κ1) is 18.4. The first-order chi connectivity index (χ1) is 12.5. The number of amides is 1. The molecule has 1 amide bonds. The summed E-state index contributed by atoms with van der Waals surface area (Å²) in [6.45, 7) is -0.339. The van der Waals surface area contributed by atoms with Crippen molar-refractivity contribution in [2.75, 3.05) is 32.9 Å². The predicted octanol–water partition coefficient (Wildman–Crippen LogP) is -0.520.